The van der Waals surface area contributed by atoms with Crippen molar-refractivity contribution in [3.63, 3.8) is 0 Å². The number of carbonyl (C=O) groups excluding carboxylic acids is 1. The SMILES string of the molecule is Cc1noc(C)c1C(=O)N1CCC2(O)CCCCC2C1. The molecule has 0 aromatic carbocycles. The Hall–Kier alpha value is -1.36. The number of aromatic nitrogens is 1. The summed E-state index contributed by atoms with van der Waals surface area (Å²) in [6, 6.07) is 0. The van der Waals surface area contributed by atoms with E-state index in [4.69, 9.17) is 4.52 Å². The number of nitrogens with zero attached hydrogens (tertiary/aromatic N) is 2. The van der Waals surface area contributed by atoms with Crippen LogP contribution in [0.25, 0.3) is 0 Å². The first kappa shape index (κ1) is 13.6. The highest BCUT2D eigenvalue weighted by molar-refractivity contribution is 5.96. The number of carbonyl (C=O) groups is 1. The van der Waals surface area contributed by atoms with E-state index in [0.29, 0.717) is 36.5 Å². The minimum Gasteiger partial charge on any atom is -0.389 e. The largest absolute Gasteiger partial charge is 0.389 e. The molecule has 2 aliphatic rings. The Morgan fingerprint density at radius 3 is 2.90 bits per heavy atom. The molecule has 1 aromatic heterocycles. The van der Waals surface area contributed by atoms with Crippen LogP contribution in [0.3, 0.4) is 0 Å². The first-order chi connectivity index (χ1) is 9.51. The molecule has 3 rings (SSSR count). The summed E-state index contributed by atoms with van der Waals surface area (Å²) >= 11 is 0. The van der Waals surface area contributed by atoms with Crippen LogP contribution in [0, 0.1) is 19.8 Å². The molecule has 0 spiro atoms. The molecule has 20 heavy (non-hydrogen) atoms. The van der Waals surface area contributed by atoms with Crippen LogP contribution in [0.1, 0.15) is 53.9 Å². The van der Waals surface area contributed by atoms with E-state index in [2.05, 4.69) is 5.16 Å². The molecule has 1 amide bonds. The predicted octanol–water partition coefficient (Wildman–Crippen LogP) is 2.06. The summed E-state index contributed by atoms with van der Waals surface area (Å²) in [6.45, 7) is 4.84. The minimum absolute atomic E-state index is 0.00567. The molecule has 1 saturated carbocycles. The molecule has 0 radical (unpaired) electrons. The molecule has 0 bridgehead atoms. The predicted molar refractivity (Wildman–Crippen MR) is 73.4 cm³/mol. The van der Waals surface area contributed by atoms with Crippen LogP contribution >= 0.6 is 0 Å². The monoisotopic (exact) mass is 278 g/mol. The highest BCUT2D eigenvalue weighted by Gasteiger charge is 2.44. The first-order valence-corrected chi connectivity index (χ1v) is 7.46. The van der Waals surface area contributed by atoms with E-state index in [0.717, 1.165) is 25.7 Å². The number of aryl methyl sites for hydroxylation is 2. The molecule has 1 aliphatic heterocycles. The lowest BCUT2D eigenvalue weighted by Crippen LogP contribution is -2.54. The van der Waals surface area contributed by atoms with Crippen molar-refractivity contribution in [3.8, 4) is 0 Å². The molecular formula is C15H22N2O3. The van der Waals surface area contributed by atoms with Crippen LogP contribution in [0.5, 0.6) is 0 Å². The van der Waals surface area contributed by atoms with Gasteiger partial charge in [-0.25, -0.2) is 0 Å². The summed E-state index contributed by atoms with van der Waals surface area (Å²) in [5, 5.41) is 14.5. The van der Waals surface area contributed by atoms with Crippen molar-refractivity contribution in [2.45, 2.75) is 51.6 Å². The van der Waals surface area contributed by atoms with Crippen LogP contribution in [0.2, 0.25) is 0 Å². The van der Waals surface area contributed by atoms with Gasteiger partial charge in [0.05, 0.1) is 11.3 Å². The van der Waals surface area contributed by atoms with Gasteiger partial charge in [-0.1, -0.05) is 18.0 Å². The number of amides is 1. The van der Waals surface area contributed by atoms with Gasteiger partial charge in [-0.2, -0.15) is 0 Å². The van der Waals surface area contributed by atoms with Gasteiger partial charge in [0.1, 0.15) is 11.3 Å². The lowest BCUT2D eigenvalue weighted by atomic mass is 9.71. The van der Waals surface area contributed by atoms with E-state index >= 15 is 0 Å². The fourth-order valence-corrected chi connectivity index (χ4v) is 3.70. The van der Waals surface area contributed by atoms with Crippen molar-refractivity contribution in [2.24, 2.45) is 5.92 Å². The van der Waals surface area contributed by atoms with Crippen LogP contribution in [0.4, 0.5) is 0 Å². The number of hydrogen-bond donors (Lipinski definition) is 1. The zero-order valence-electron chi connectivity index (χ0n) is 12.2. The topological polar surface area (TPSA) is 66.6 Å². The van der Waals surface area contributed by atoms with E-state index in [1.807, 2.05) is 4.90 Å². The quantitative estimate of drug-likeness (QED) is 0.854. The van der Waals surface area contributed by atoms with Crippen molar-refractivity contribution >= 4 is 5.91 Å². The smallest absolute Gasteiger partial charge is 0.259 e. The summed E-state index contributed by atoms with van der Waals surface area (Å²) in [5.74, 6) is 0.792. The van der Waals surface area contributed by atoms with Crippen molar-refractivity contribution in [2.75, 3.05) is 13.1 Å². The molecule has 1 saturated heterocycles. The second-order valence-electron chi connectivity index (χ2n) is 6.25. The molecule has 5 heteroatoms. The molecule has 1 N–H and O–H groups in total. The van der Waals surface area contributed by atoms with E-state index < -0.39 is 5.60 Å². The van der Waals surface area contributed by atoms with Gasteiger partial charge in [0.15, 0.2) is 0 Å². The number of piperidine rings is 1. The Morgan fingerprint density at radius 1 is 1.40 bits per heavy atom. The molecule has 1 aromatic rings. The average Bonchev–Trinajstić information content (AvgIpc) is 2.76. The number of aliphatic hydroxyl groups is 1. The number of rotatable bonds is 1. The molecule has 1 aliphatic carbocycles. The van der Waals surface area contributed by atoms with Gasteiger partial charge in [-0.15, -0.1) is 0 Å². The van der Waals surface area contributed by atoms with Gasteiger partial charge in [0.25, 0.3) is 5.91 Å². The Labute approximate surface area is 118 Å². The molecule has 2 atom stereocenters. The summed E-state index contributed by atoms with van der Waals surface area (Å²) in [5.41, 5.74) is 0.691. The number of likely N-dealkylation sites (tertiary alicyclic amines) is 1. The summed E-state index contributed by atoms with van der Waals surface area (Å²) in [7, 11) is 0. The van der Waals surface area contributed by atoms with E-state index in [9.17, 15) is 9.90 Å². The third-order valence-electron chi connectivity index (χ3n) is 4.96. The third kappa shape index (κ3) is 2.14. The number of fused-ring (bicyclic) bond motifs is 1. The number of hydrogen-bond acceptors (Lipinski definition) is 4. The zero-order valence-corrected chi connectivity index (χ0v) is 12.2. The van der Waals surface area contributed by atoms with Crippen LogP contribution in [-0.4, -0.2) is 39.8 Å². The summed E-state index contributed by atoms with van der Waals surface area (Å²) < 4.78 is 5.09. The Morgan fingerprint density at radius 2 is 2.20 bits per heavy atom. The van der Waals surface area contributed by atoms with Crippen molar-refractivity contribution in [3.05, 3.63) is 17.0 Å². The van der Waals surface area contributed by atoms with E-state index in [-0.39, 0.29) is 11.8 Å². The highest BCUT2D eigenvalue weighted by atomic mass is 16.5. The van der Waals surface area contributed by atoms with Crippen LogP contribution in [-0.2, 0) is 0 Å². The van der Waals surface area contributed by atoms with Gasteiger partial charge < -0.3 is 14.5 Å². The summed E-state index contributed by atoms with van der Waals surface area (Å²) in [4.78, 5) is 14.5. The van der Waals surface area contributed by atoms with Crippen molar-refractivity contribution in [1.29, 1.82) is 0 Å². The van der Waals surface area contributed by atoms with Crippen LogP contribution in [0.15, 0.2) is 4.52 Å². The molecule has 5 nitrogen and oxygen atoms in total. The maximum absolute atomic E-state index is 12.6. The standard InChI is InChI=1S/C15H22N2O3/c1-10-13(11(2)20-16-10)14(18)17-8-7-15(19)6-4-3-5-12(15)9-17/h12,19H,3-9H2,1-2H3. The van der Waals surface area contributed by atoms with Crippen LogP contribution < -0.4 is 0 Å². The maximum atomic E-state index is 12.6. The summed E-state index contributed by atoms with van der Waals surface area (Å²) in [6.07, 6.45) is 4.84. The second-order valence-corrected chi connectivity index (χ2v) is 6.25. The Bertz CT molecular complexity index is 506. The Balaban J connectivity index is 1.78. The lowest BCUT2D eigenvalue weighted by Gasteiger charge is -2.47. The zero-order chi connectivity index (χ0) is 14.3. The fourth-order valence-electron chi connectivity index (χ4n) is 3.70. The highest BCUT2D eigenvalue weighted by Crippen LogP contribution is 2.40. The molecule has 2 heterocycles. The van der Waals surface area contributed by atoms with Crippen molar-refractivity contribution < 1.29 is 14.4 Å². The lowest BCUT2D eigenvalue weighted by molar-refractivity contribution is -0.0886. The fraction of sp³-hybridized carbons (Fsp3) is 0.733. The maximum Gasteiger partial charge on any atom is 0.259 e. The normalized spacial score (nSPS) is 30.1. The average molecular weight is 278 g/mol. The first-order valence-electron chi connectivity index (χ1n) is 7.46. The molecule has 2 fully saturated rings. The van der Waals surface area contributed by atoms with E-state index in [1.54, 1.807) is 13.8 Å². The van der Waals surface area contributed by atoms with Gasteiger partial charge in [-0.05, 0) is 33.1 Å². The second kappa shape index (κ2) is 4.88. The van der Waals surface area contributed by atoms with Gasteiger partial charge >= 0.3 is 0 Å². The van der Waals surface area contributed by atoms with E-state index in [1.165, 1.54) is 0 Å². The molecular weight excluding hydrogens is 256 g/mol. The third-order valence-corrected chi connectivity index (χ3v) is 4.96. The van der Waals surface area contributed by atoms with Gasteiger partial charge in [0, 0.05) is 19.0 Å². The molecule has 110 valence electrons. The van der Waals surface area contributed by atoms with Gasteiger partial charge in [-0.3, -0.25) is 4.79 Å². The molecule has 2 unspecified atom stereocenters. The van der Waals surface area contributed by atoms with Gasteiger partial charge in [0.2, 0.25) is 0 Å². The van der Waals surface area contributed by atoms with Crippen molar-refractivity contribution in [1.82, 2.24) is 10.1 Å². The minimum atomic E-state index is -0.548. The Kier molecular flexibility index (Phi) is 3.32.